The van der Waals surface area contributed by atoms with Gasteiger partial charge in [0, 0.05) is 0 Å². The number of amides is 1. The van der Waals surface area contributed by atoms with E-state index in [1.165, 1.54) is 0 Å². The quantitative estimate of drug-likeness (QED) is 0.402. The van der Waals surface area contributed by atoms with Gasteiger partial charge in [-0.05, 0) is 0 Å². The average molecular weight is 472 g/mol. The van der Waals surface area contributed by atoms with Crippen LogP contribution >= 0.6 is 11.8 Å². The fraction of sp³-hybridized carbons (Fsp3) is 0.778. The van der Waals surface area contributed by atoms with Crippen LogP contribution in [0.25, 0.3) is 0 Å². The van der Waals surface area contributed by atoms with Gasteiger partial charge in [0.2, 0.25) is 0 Å². The third kappa shape index (κ3) is 11.9. The normalized spacial score (nSPS) is 14.1. The molecule has 10 heteroatoms. The predicted molar refractivity (Wildman–Crippen MR) is 111 cm³/mol. The van der Waals surface area contributed by atoms with E-state index < -0.39 is 34.9 Å². The molecular formula is C18H30AsBN2O5S-. The number of rotatable bonds is 11. The molecule has 0 aromatic carbocycles. The summed E-state index contributed by atoms with van der Waals surface area (Å²) in [6.45, 7) is 10.8. The fourth-order valence-electron chi connectivity index (χ4n) is 2.34. The van der Waals surface area contributed by atoms with E-state index in [4.69, 9.17) is 0 Å². The molecule has 28 heavy (non-hydrogen) atoms. The second-order valence-electron chi connectivity index (χ2n) is 8.60. The van der Waals surface area contributed by atoms with E-state index in [0.29, 0.717) is 0 Å². The first-order valence-electron chi connectivity index (χ1n) is 9.11. The van der Waals surface area contributed by atoms with Gasteiger partial charge in [-0.15, -0.1) is 0 Å². The maximum absolute atomic E-state index is 12.8. The molecule has 0 aliphatic heterocycles. The summed E-state index contributed by atoms with van der Waals surface area (Å²) in [5.74, 6) is -0.0989. The Hall–Kier alpha value is -0.787. The first-order chi connectivity index (χ1) is 12.7. The van der Waals surface area contributed by atoms with Gasteiger partial charge < -0.3 is 9.90 Å². The first-order valence-corrected chi connectivity index (χ1v) is 11.2. The van der Waals surface area contributed by atoms with Crippen molar-refractivity contribution in [2.45, 2.75) is 78.3 Å². The zero-order valence-electron chi connectivity index (χ0n) is 17.5. The molecule has 2 N–H and O–H groups in total. The second kappa shape index (κ2) is 12.0. The summed E-state index contributed by atoms with van der Waals surface area (Å²) >= 11 is 3.21. The molecule has 0 aromatic heterocycles. The molecule has 0 spiro atoms. The van der Waals surface area contributed by atoms with E-state index in [2.05, 4.69) is 27.3 Å². The third-order valence-corrected chi connectivity index (χ3v) is 4.97. The Labute approximate surface area is 181 Å². The van der Waals surface area contributed by atoms with Crippen LogP contribution in [0.1, 0.15) is 54.4 Å². The Balaban J connectivity index is 5.34. The van der Waals surface area contributed by atoms with Gasteiger partial charge in [0.1, 0.15) is 0 Å². The minimum atomic E-state index is -1.24. The molecule has 0 aliphatic carbocycles. The van der Waals surface area contributed by atoms with Crippen molar-refractivity contribution in [2.24, 2.45) is 5.41 Å². The number of carboxylic acids is 1. The summed E-state index contributed by atoms with van der Waals surface area (Å²) in [4.78, 5) is 48.2. The molecule has 7 nitrogen and oxygen atoms in total. The van der Waals surface area contributed by atoms with Crippen LogP contribution < -0.4 is 15.7 Å². The van der Waals surface area contributed by atoms with Crippen LogP contribution in [0.3, 0.4) is 0 Å². The number of thioether (sulfide) groups is 1. The second-order valence-corrected chi connectivity index (χ2v) is 10.4. The first kappa shape index (κ1) is 27.2. The molecular weight excluding hydrogens is 442 g/mol. The Morgan fingerprint density at radius 2 is 1.64 bits per heavy atom. The van der Waals surface area contributed by atoms with Gasteiger partial charge in [-0.25, -0.2) is 0 Å². The molecule has 0 saturated carbocycles. The van der Waals surface area contributed by atoms with Gasteiger partial charge >= 0.3 is 172 Å². The minimum absolute atomic E-state index is 0.0383. The predicted octanol–water partition coefficient (Wildman–Crippen LogP) is -0.161. The molecule has 0 saturated heterocycles. The number of aliphatic carboxylic acids is 1. The van der Waals surface area contributed by atoms with Gasteiger partial charge in [0.15, 0.2) is 0 Å². The zero-order chi connectivity index (χ0) is 22.1. The Bertz CT molecular complexity index is 575. The van der Waals surface area contributed by atoms with Crippen molar-refractivity contribution in [1.29, 1.82) is 0 Å². The molecule has 0 aromatic rings. The number of carbonyl (C=O) groups is 4. The third-order valence-electron chi connectivity index (χ3n) is 3.60. The molecule has 1 amide bonds. The van der Waals surface area contributed by atoms with Crippen molar-refractivity contribution in [3.63, 3.8) is 0 Å². The number of carboxylic acid groups (broad SMARTS) is 1. The number of carbonyl (C=O) groups excluding carboxylic acids is 4. The van der Waals surface area contributed by atoms with E-state index in [1.807, 2.05) is 20.8 Å². The number of Topliss-reactive ketones (excluding diaryl/α,β-unsaturated/α-hetero) is 1. The van der Waals surface area contributed by atoms with Crippen LogP contribution in [-0.4, -0.2) is 68.8 Å². The van der Waals surface area contributed by atoms with Crippen molar-refractivity contribution in [3.8, 4) is 0 Å². The molecule has 0 unspecified atom stereocenters. The molecule has 0 rings (SSSR count). The van der Waals surface area contributed by atoms with Gasteiger partial charge in [0.05, 0.1) is 0 Å². The van der Waals surface area contributed by atoms with Gasteiger partial charge in [-0.1, -0.05) is 0 Å². The van der Waals surface area contributed by atoms with Crippen molar-refractivity contribution in [3.05, 3.63) is 0 Å². The van der Waals surface area contributed by atoms with Crippen LogP contribution in [0.2, 0.25) is 6.32 Å². The van der Waals surface area contributed by atoms with Crippen LogP contribution in [0.15, 0.2) is 0 Å². The Kier molecular flexibility index (Phi) is 11.7. The molecule has 157 valence electrons. The van der Waals surface area contributed by atoms with Crippen molar-refractivity contribution >= 4 is 57.2 Å². The number of hydrogen-bond donors (Lipinski definition) is 2. The summed E-state index contributed by atoms with van der Waals surface area (Å²) in [6.07, 6.45) is 0.0162. The molecule has 0 aliphatic rings. The van der Waals surface area contributed by atoms with E-state index in [0.717, 1.165) is 11.8 Å². The van der Waals surface area contributed by atoms with Crippen molar-refractivity contribution < 1.29 is 24.3 Å². The van der Waals surface area contributed by atoms with Gasteiger partial charge in [-0.3, -0.25) is 0 Å². The van der Waals surface area contributed by atoms with Crippen LogP contribution in [0.4, 0.5) is 0 Å². The van der Waals surface area contributed by atoms with E-state index in [-0.39, 0.29) is 35.8 Å². The Morgan fingerprint density at radius 3 is 2.07 bits per heavy atom. The summed E-state index contributed by atoms with van der Waals surface area (Å²) in [7, 11) is 0. The monoisotopic (exact) mass is 472 g/mol. The van der Waals surface area contributed by atoms with Crippen LogP contribution in [0, 0.1) is 5.41 Å². The number of hydrogen-bond acceptors (Lipinski definition) is 7. The molecule has 0 fully saturated rings. The Morgan fingerprint density at radius 1 is 1.07 bits per heavy atom. The van der Waals surface area contributed by atoms with Crippen molar-refractivity contribution in [2.75, 3.05) is 5.75 Å². The molecule has 0 bridgehead atoms. The van der Waals surface area contributed by atoms with E-state index in [9.17, 15) is 24.3 Å². The zero-order valence-corrected chi connectivity index (χ0v) is 20.2. The fourth-order valence-corrected chi connectivity index (χ4v) is 3.75. The van der Waals surface area contributed by atoms with Gasteiger partial charge in [-0.2, -0.15) is 0 Å². The topological polar surface area (TPSA) is 115 Å². The van der Waals surface area contributed by atoms with Crippen molar-refractivity contribution in [1.82, 2.24) is 10.6 Å². The standard InChI is InChI=1S/C18H31AsBN2O5S/c1-17(2,3)15(26)12(10-28-14(25)9-20-19)21-16(27)11(7-8-13(23)24)22-18(4,5)6/h11-12,22H,7-10H2,1-6H3,(H,21,27)(H,23,24)/p-1/t11-,12-/m0/s1. The molecule has 0 heterocycles. The summed E-state index contributed by atoms with van der Waals surface area (Å²) in [5.41, 5.74) is -1.13. The summed E-state index contributed by atoms with van der Waals surface area (Å²) in [6, 6.07) is -1.64. The summed E-state index contributed by atoms with van der Waals surface area (Å²) < 4.78 is 0. The summed E-state index contributed by atoms with van der Waals surface area (Å²) in [5, 5.41) is 16.5. The number of nitrogens with one attached hydrogen (secondary N) is 2. The average Bonchev–Trinajstić information content (AvgIpc) is 2.52. The maximum atomic E-state index is 12.8. The van der Waals surface area contributed by atoms with E-state index in [1.54, 1.807) is 26.7 Å². The molecule has 3 radical (unpaired) electrons. The van der Waals surface area contributed by atoms with Crippen LogP contribution in [-0.2, 0) is 19.2 Å². The van der Waals surface area contributed by atoms with E-state index >= 15 is 0 Å². The van der Waals surface area contributed by atoms with Crippen LogP contribution in [0.5, 0.6) is 0 Å². The number of ketones is 1. The molecule has 2 atom stereocenters. The SMILES string of the molecule is CC(C)(C)N[C@@H](CCC(=O)[O-])C(=O)N[C@@H](CSC(=O)C[B][As])C(=O)C(C)(C)C. The van der Waals surface area contributed by atoms with Gasteiger partial charge in [0.25, 0.3) is 0 Å².